The molecule has 0 aromatic carbocycles. The van der Waals surface area contributed by atoms with Gasteiger partial charge < -0.3 is 20.7 Å². The monoisotopic (exact) mass is 473 g/mol. The third kappa shape index (κ3) is 9.55. The second-order valence-electron chi connectivity index (χ2n) is 10.4. The van der Waals surface area contributed by atoms with Gasteiger partial charge in [-0.15, -0.1) is 0 Å². The van der Waals surface area contributed by atoms with Crippen molar-refractivity contribution in [1.29, 1.82) is 0 Å². The summed E-state index contributed by atoms with van der Waals surface area (Å²) in [5.41, 5.74) is 0.868. The van der Waals surface area contributed by atoms with E-state index >= 15 is 0 Å². The summed E-state index contributed by atoms with van der Waals surface area (Å²) in [6.07, 6.45) is 14.6. The molecule has 1 amide bonds. The van der Waals surface area contributed by atoms with Gasteiger partial charge in [0.15, 0.2) is 11.7 Å². The minimum absolute atomic E-state index is 0.0444. The van der Waals surface area contributed by atoms with E-state index in [0.29, 0.717) is 24.3 Å². The van der Waals surface area contributed by atoms with Crippen LogP contribution in [0.15, 0.2) is 37.4 Å². The molecule has 0 spiro atoms. The van der Waals surface area contributed by atoms with Gasteiger partial charge in [0.2, 0.25) is 6.41 Å². The number of ketones is 1. The quantitative estimate of drug-likeness (QED) is 0.120. The van der Waals surface area contributed by atoms with E-state index in [-0.39, 0.29) is 29.9 Å². The SMILES string of the molecule is C=CC(=O)C(C)NC(=C)C(CCCNC=O)CC(NC(=C)OC1CCC(C)C1)C1CCCCC1. The van der Waals surface area contributed by atoms with Gasteiger partial charge in [-0.3, -0.25) is 9.59 Å². The van der Waals surface area contributed by atoms with Crippen LogP contribution in [0.5, 0.6) is 0 Å². The van der Waals surface area contributed by atoms with E-state index in [9.17, 15) is 9.59 Å². The third-order valence-corrected chi connectivity index (χ3v) is 7.54. The molecule has 0 heterocycles. The summed E-state index contributed by atoms with van der Waals surface area (Å²) in [6, 6.07) is -0.121. The van der Waals surface area contributed by atoms with Crippen LogP contribution in [0.25, 0.3) is 0 Å². The molecule has 192 valence electrons. The predicted octanol–water partition coefficient (Wildman–Crippen LogP) is 4.98. The number of hydrogen-bond donors (Lipinski definition) is 3. The maximum atomic E-state index is 12.1. The molecule has 2 saturated carbocycles. The van der Waals surface area contributed by atoms with Crippen LogP contribution in [0.4, 0.5) is 0 Å². The molecular formula is C28H47N3O3. The number of amides is 1. The highest BCUT2D eigenvalue weighted by Crippen LogP contribution is 2.33. The van der Waals surface area contributed by atoms with Gasteiger partial charge in [0, 0.05) is 24.2 Å². The fourth-order valence-electron chi connectivity index (χ4n) is 5.50. The summed E-state index contributed by atoms with van der Waals surface area (Å²) in [5.74, 6) is 2.08. The molecule has 0 radical (unpaired) electrons. The van der Waals surface area contributed by atoms with Crippen LogP contribution in [0, 0.1) is 17.8 Å². The first-order chi connectivity index (χ1) is 16.3. The predicted molar refractivity (Wildman–Crippen MR) is 139 cm³/mol. The maximum absolute atomic E-state index is 12.1. The largest absolute Gasteiger partial charge is 0.476 e. The number of carbonyl (C=O) groups is 2. The Morgan fingerprint density at radius 1 is 1.12 bits per heavy atom. The minimum atomic E-state index is -0.357. The molecule has 3 N–H and O–H groups in total. The van der Waals surface area contributed by atoms with Gasteiger partial charge in [0.1, 0.15) is 6.10 Å². The normalized spacial score (nSPS) is 23.2. The smallest absolute Gasteiger partial charge is 0.207 e. The Morgan fingerprint density at radius 2 is 1.85 bits per heavy atom. The molecule has 2 fully saturated rings. The first-order valence-electron chi connectivity index (χ1n) is 13.2. The number of rotatable bonds is 17. The van der Waals surface area contributed by atoms with Gasteiger partial charge in [-0.05, 0) is 82.8 Å². The van der Waals surface area contributed by atoms with Crippen molar-refractivity contribution in [2.75, 3.05) is 6.54 Å². The van der Waals surface area contributed by atoms with E-state index in [4.69, 9.17) is 4.74 Å². The Bertz CT molecular complexity index is 686. The lowest BCUT2D eigenvalue weighted by atomic mass is 9.79. The highest BCUT2D eigenvalue weighted by atomic mass is 16.5. The van der Waals surface area contributed by atoms with Gasteiger partial charge in [-0.2, -0.15) is 0 Å². The Labute approximate surface area is 207 Å². The molecule has 0 saturated heterocycles. The van der Waals surface area contributed by atoms with E-state index < -0.39 is 0 Å². The average molecular weight is 474 g/mol. The zero-order chi connectivity index (χ0) is 24.9. The minimum Gasteiger partial charge on any atom is -0.476 e. The van der Waals surface area contributed by atoms with E-state index in [2.05, 4.69) is 42.6 Å². The first-order valence-corrected chi connectivity index (χ1v) is 13.2. The zero-order valence-electron chi connectivity index (χ0n) is 21.5. The molecule has 0 aromatic heterocycles. The van der Waals surface area contributed by atoms with Crippen molar-refractivity contribution in [3.05, 3.63) is 37.4 Å². The lowest BCUT2D eigenvalue weighted by Crippen LogP contribution is -2.41. The Kier molecular flexibility index (Phi) is 12.3. The van der Waals surface area contributed by atoms with Crippen LogP contribution < -0.4 is 16.0 Å². The summed E-state index contributed by atoms with van der Waals surface area (Å²) in [5, 5.41) is 9.73. The summed E-state index contributed by atoms with van der Waals surface area (Å²) >= 11 is 0. The standard InChI is InChI=1S/C28H47N3O3/c1-6-28(33)22(4)30-21(3)25(13-10-16-29-19-32)18-27(24-11-8-7-9-12-24)31-23(5)34-26-15-14-20(2)17-26/h6,19-20,22,24-27,30-31H,1,3,5,7-18H2,2,4H3,(H,29,32). The molecule has 0 aliphatic heterocycles. The van der Waals surface area contributed by atoms with Crippen LogP contribution in [-0.4, -0.2) is 36.9 Å². The zero-order valence-corrected chi connectivity index (χ0v) is 21.5. The van der Waals surface area contributed by atoms with Crippen molar-refractivity contribution >= 4 is 12.2 Å². The maximum Gasteiger partial charge on any atom is 0.207 e. The van der Waals surface area contributed by atoms with Crippen molar-refractivity contribution in [3.8, 4) is 0 Å². The van der Waals surface area contributed by atoms with Crippen molar-refractivity contribution in [3.63, 3.8) is 0 Å². The topological polar surface area (TPSA) is 79.5 Å². The number of nitrogens with one attached hydrogen (secondary N) is 3. The van der Waals surface area contributed by atoms with E-state index in [1.807, 2.05) is 6.92 Å². The van der Waals surface area contributed by atoms with Crippen LogP contribution >= 0.6 is 0 Å². The molecular weight excluding hydrogens is 426 g/mol. The molecule has 5 unspecified atom stereocenters. The summed E-state index contributed by atoms with van der Waals surface area (Å²) < 4.78 is 6.22. The highest BCUT2D eigenvalue weighted by molar-refractivity contribution is 5.93. The Morgan fingerprint density at radius 3 is 2.47 bits per heavy atom. The molecule has 34 heavy (non-hydrogen) atoms. The Hall–Kier alpha value is -2.24. The van der Waals surface area contributed by atoms with Gasteiger partial charge >= 0.3 is 0 Å². The van der Waals surface area contributed by atoms with Crippen molar-refractivity contribution in [1.82, 2.24) is 16.0 Å². The van der Waals surface area contributed by atoms with Crippen LogP contribution in [0.1, 0.15) is 84.5 Å². The molecule has 2 aliphatic rings. The Balaban J connectivity index is 2.08. The molecule has 5 atom stereocenters. The molecule has 0 aromatic rings. The van der Waals surface area contributed by atoms with Crippen LogP contribution in [0.2, 0.25) is 0 Å². The summed E-state index contributed by atoms with van der Waals surface area (Å²) in [4.78, 5) is 22.7. The fraction of sp³-hybridized carbons (Fsp3) is 0.714. The molecule has 2 rings (SSSR count). The van der Waals surface area contributed by atoms with Crippen molar-refractivity contribution < 1.29 is 14.3 Å². The first kappa shape index (κ1) is 28.0. The molecule has 2 aliphatic carbocycles. The van der Waals surface area contributed by atoms with Crippen LogP contribution in [-0.2, 0) is 14.3 Å². The fourth-order valence-corrected chi connectivity index (χ4v) is 5.50. The molecule has 6 nitrogen and oxygen atoms in total. The van der Waals surface area contributed by atoms with Gasteiger partial charge in [-0.25, -0.2) is 0 Å². The van der Waals surface area contributed by atoms with Gasteiger partial charge in [-0.1, -0.05) is 39.3 Å². The number of hydrogen-bond acceptors (Lipinski definition) is 5. The second kappa shape index (κ2) is 14.9. The van der Waals surface area contributed by atoms with E-state index in [1.165, 1.54) is 44.6 Å². The third-order valence-electron chi connectivity index (χ3n) is 7.54. The summed E-state index contributed by atoms with van der Waals surface area (Å²) in [7, 11) is 0. The lowest BCUT2D eigenvalue weighted by molar-refractivity contribution is -0.116. The van der Waals surface area contributed by atoms with Crippen LogP contribution in [0.3, 0.4) is 0 Å². The lowest BCUT2D eigenvalue weighted by Gasteiger charge is -2.36. The van der Waals surface area contributed by atoms with Gasteiger partial charge in [0.25, 0.3) is 0 Å². The number of allylic oxidation sites excluding steroid dienone is 1. The van der Waals surface area contributed by atoms with Gasteiger partial charge in [0.05, 0.1) is 6.04 Å². The van der Waals surface area contributed by atoms with Crippen molar-refractivity contribution in [2.45, 2.75) is 103 Å². The summed E-state index contributed by atoms with van der Waals surface area (Å²) in [6.45, 7) is 16.9. The molecule has 0 bridgehead atoms. The highest BCUT2D eigenvalue weighted by Gasteiger charge is 2.30. The van der Waals surface area contributed by atoms with E-state index in [1.54, 1.807) is 0 Å². The number of carbonyl (C=O) groups excluding carboxylic acids is 2. The van der Waals surface area contributed by atoms with Crippen molar-refractivity contribution in [2.24, 2.45) is 17.8 Å². The number of ether oxygens (including phenoxy) is 1. The van der Waals surface area contributed by atoms with E-state index in [0.717, 1.165) is 44.2 Å². The average Bonchev–Trinajstić information content (AvgIpc) is 3.24. The molecule has 6 heteroatoms. The second-order valence-corrected chi connectivity index (χ2v) is 10.4.